The van der Waals surface area contributed by atoms with E-state index in [0.717, 1.165) is 0 Å². The average Bonchev–Trinajstić information content (AvgIpc) is 2.81. The van der Waals surface area contributed by atoms with Crippen molar-refractivity contribution in [2.75, 3.05) is 13.2 Å². The van der Waals surface area contributed by atoms with Crippen LogP contribution < -0.4 is 9.05 Å². The lowest BCUT2D eigenvalue weighted by Crippen LogP contribution is -2.30. The molecule has 0 amide bonds. The van der Waals surface area contributed by atoms with Gasteiger partial charge in [0, 0.05) is 5.92 Å². The summed E-state index contributed by atoms with van der Waals surface area (Å²) < 4.78 is 42.2. The van der Waals surface area contributed by atoms with E-state index in [9.17, 15) is 9.36 Å². The number of ketones is 1. The molecule has 0 aromatic heterocycles. The van der Waals surface area contributed by atoms with Gasteiger partial charge in [-0.2, -0.15) is 0 Å². The molecule has 0 fully saturated rings. The van der Waals surface area contributed by atoms with E-state index in [1.54, 1.807) is 38.1 Å². The van der Waals surface area contributed by atoms with Crippen molar-refractivity contribution >= 4 is 42.5 Å². The number of para-hydroxylation sites is 2. The van der Waals surface area contributed by atoms with Crippen molar-refractivity contribution in [1.82, 2.24) is 0 Å². The minimum Gasteiger partial charge on any atom is -0.428 e. The first-order valence-electron chi connectivity index (χ1n) is 11.3. The van der Waals surface area contributed by atoms with Crippen molar-refractivity contribution in [2.45, 2.75) is 38.9 Å². The van der Waals surface area contributed by atoms with Crippen LogP contribution in [-0.2, 0) is 34.7 Å². The Morgan fingerprint density at radius 1 is 0.943 bits per heavy atom. The zero-order chi connectivity index (χ0) is 25.3. The lowest BCUT2D eigenvalue weighted by Gasteiger charge is -2.34. The number of carbonyl (C=O) groups is 1. The minimum atomic E-state index is -3.88. The molecule has 35 heavy (non-hydrogen) atoms. The third-order valence-electron chi connectivity index (χ3n) is 4.95. The van der Waals surface area contributed by atoms with Gasteiger partial charge in [-0.3, -0.25) is 13.8 Å². The topological polar surface area (TPSA) is 80.3 Å². The maximum Gasteiger partial charge on any atom is 0.529 e. The molecule has 190 valence electrons. The lowest BCUT2D eigenvalue weighted by atomic mass is 9.89. The summed E-state index contributed by atoms with van der Waals surface area (Å²) in [6, 6.07) is 18.3. The highest BCUT2D eigenvalue weighted by atomic mass is 32.9. The molecule has 2 atom stereocenters. The first-order chi connectivity index (χ1) is 16.8. The Hall–Kier alpha value is -1.60. The average molecular weight is 557 g/mol. The zero-order valence-corrected chi connectivity index (χ0v) is 23.3. The second-order valence-electron chi connectivity index (χ2n) is 7.56. The quantitative estimate of drug-likeness (QED) is 0.232. The van der Waals surface area contributed by atoms with Crippen molar-refractivity contribution in [1.29, 1.82) is 0 Å². The molecule has 11 heteroatoms. The van der Waals surface area contributed by atoms with E-state index >= 15 is 0 Å². The fourth-order valence-electron chi connectivity index (χ4n) is 3.46. The van der Waals surface area contributed by atoms with Crippen LogP contribution in [0, 0.1) is 5.92 Å². The van der Waals surface area contributed by atoms with Gasteiger partial charge in [-0.15, -0.1) is 0 Å². The van der Waals surface area contributed by atoms with E-state index in [-0.39, 0.29) is 19.0 Å². The summed E-state index contributed by atoms with van der Waals surface area (Å²) in [4.78, 5) is 12.6. The van der Waals surface area contributed by atoms with Crippen LogP contribution in [0.4, 0.5) is 0 Å². The number of hydrogen-bond donors (Lipinski definition) is 0. The highest BCUT2D eigenvalue weighted by Gasteiger charge is 2.42. The lowest BCUT2D eigenvalue weighted by molar-refractivity contribution is -0.121. The van der Waals surface area contributed by atoms with Crippen LogP contribution in [0.1, 0.15) is 33.6 Å². The van der Waals surface area contributed by atoms with Gasteiger partial charge in [0.25, 0.3) is 0 Å². The van der Waals surface area contributed by atoms with Gasteiger partial charge in [0.1, 0.15) is 23.0 Å². The van der Waals surface area contributed by atoms with E-state index in [2.05, 4.69) is 0 Å². The summed E-state index contributed by atoms with van der Waals surface area (Å²) in [6.07, 6.45) is 2.99. The van der Waals surface area contributed by atoms with Gasteiger partial charge in [0.05, 0.1) is 18.5 Å². The van der Waals surface area contributed by atoms with Gasteiger partial charge in [-0.25, -0.2) is 4.57 Å². The minimum absolute atomic E-state index is 0.0275. The molecule has 0 N–H and O–H groups in total. The van der Waals surface area contributed by atoms with E-state index in [0.29, 0.717) is 30.1 Å². The standard InChI is InChI=1S/C24H30O7P2S2/c1-4-27-32(26,28-5-2)31-23-18-12-17-22(19(3)25)24(23)35-33(34,29-20-13-8-6-9-14-20)30-21-15-10-7-11-16-21/h6-11,13-16,18,22,24H,4-5,12,17H2,1-3H3/t22-,24+/m1/s1. The second kappa shape index (κ2) is 13.1. The SMILES string of the molecule is CCOP(=O)(OCC)OC1=CCC[C@H](C(C)=O)[C@@H]1SP(=S)(Oc1ccccc1)Oc1ccccc1. The van der Waals surface area contributed by atoms with Crippen LogP contribution in [0.15, 0.2) is 72.5 Å². The van der Waals surface area contributed by atoms with Crippen LogP contribution >= 0.6 is 24.9 Å². The maximum atomic E-state index is 13.2. The number of allylic oxidation sites excluding steroid dienone is 1. The smallest absolute Gasteiger partial charge is 0.428 e. The molecule has 2 aromatic carbocycles. The molecule has 0 saturated heterocycles. The molecule has 0 saturated carbocycles. The van der Waals surface area contributed by atoms with Crippen LogP contribution in [0.3, 0.4) is 0 Å². The molecular weight excluding hydrogens is 526 g/mol. The van der Waals surface area contributed by atoms with Crippen LogP contribution in [0.25, 0.3) is 0 Å². The molecule has 1 aliphatic carbocycles. The number of carbonyl (C=O) groups excluding carboxylic acids is 1. The molecule has 0 radical (unpaired) electrons. The molecule has 7 nitrogen and oxygen atoms in total. The molecule has 0 spiro atoms. The van der Waals surface area contributed by atoms with Crippen molar-refractivity contribution in [3.05, 3.63) is 72.5 Å². The third-order valence-corrected chi connectivity index (χ3v) is 11.6. The Morgan fingerprint density at radius 2 is 1.46 bits per heavy atom. The first-order valence-corrected chi connectivity index (χ1v) is 16.9. The largest absolute Gasteiger partial charge is 0.529 e. The second-order valence-corrected chi connectivity index (χ2v) is 15.3. The van der Waals surface area contributed by atoms with E-state index in [1.807, 2.05) is 42.5 Å². The highest BCUT2D eigenvalue weighted by molar-refractivity contribution is 8.68. The van der Waals surface area contributed by atoms with Crippen molar-refractivity contribution < 1.29 is 32.0 Å². The van der Waals surface area contributed by atoms with Gasteiger partial charge < -0.3 is 13.6 Å². The first kappa shape index (κ1) is 28.0. The molecule has 0 aliphatic heterocycles. The van der Waals surface area contributed by atoms with Crippen LogP contribution in [0.2, 0.25) is 0 Å². The van der Waals surface area contributed by atoms with E-state index in [1.165, 1.54) is 18.3 Å². The van der Waals surface area contributed by atoms with Crippen LogP contribution in [-0.4, -0.2) is 24.2 Å². The monoisotopic (exact) mass is 556 g/mol. The number of Topliss-reactive ketones (excluding diaryl/α,β-unsaturated/α-hetero) is 1. The highest BCUT2D eigenvalue weighted by Crippen LogP contribution is 2.65. The fraction of sp³-hybridized carbons (Fsp3) is 0.375. The number of rotatable bonds is 13. The third kappa shape index (κ3) is 8.21. The predicted molar refractivity (Wildman–Crippen MR) is 143 cm³/mol. The van der Waals surface area contributed by atoms with E-state index < -0.39 is 24.7 Å². The van der Waals surface area contributed by atoms with Crippen molar-refractivity contribution in [2.24, 2.45) is 5.92 Å². The zero-order valence-electron chi connectivity index (χ0n) is 19.9. The van der Waals surface area contributed by atoms with Crippen molar-refractivity contribution in [3.8, 4) is 11.5 Å². The van der Waals surface area contributed by atoms with Gasteiger partial charge >= 0.3 is 13.5 Å². The number of phosphoric ester groups is 1. The number of hydrogen-bond acceptors (Lipinski definition) is 9. The van der Waals surface area contributed by atoms with Crippen molar-refractivity contribution in [3.63, 3.8) is 0 Å². The van der Waals surface area contributed by atoms with E-state index in [4.69, 9.17) is 34.4 Å². The summed E-state index contributed by atoms with van der Waals surface area (Å²) in [5.74, 6) is 0.970. The molecule has 0 bridgehead atoms. The summed E-state index contributed by atoms with van der Waals surface area (Å²) in [5.41, 5.74) is -3.14. The maximum absolute atomic E-state index is 13.2. The Bertz CT molecular complexity index is 1040. The van der Waals surface area contributed by atoms with Crippen LogP contribution in [0.5, 0.6) is 11.5 Å². The molecule has 1 aliphatic rings. The fourth-order valence-corrected chi connectivity index (χ4v) is 10.4. The molecular formula is C24H30O7P2S2. The Labute approximate surface area is 216 Å². The number of benzene rings is 2. The molecule has 3 rings (SSSR count). The normalized spacial score (nSPS) is 18.4. The molecule has 0 heterocycles. The Balaban J connectivity index is 1.97. The summed E-state index contributed by atoms with van der Waals surface area (Å²) >= 11 is 7.20. The number of phosphoric acid groups is 1. The van der Waals surface area contributed by atoms with Gasteiger partial charge in [-0.05, 0) is 87.1 Å². The summed E-state index contributed by atoms with van der Waals surface area (Å²) in [5, 5.41) is -0.589. The van der Waals surface area contributed by atoms with Gasteiger partial charge in [0.2, 0.25) is 0 Å². The Kier molecular flexibility index (Phi) is 10.5. The summed E-state index contributed by atoms with van der Waals surface area (Å²) in [7, 11) is -3.88. The summed E-state index contributed by atoms with van der Waals surface area (Å²) in [6.45, 7) is 5.23. The predicted octanol–water partition coefficient (Wildman–Crippen LogP) is 7.55. The Morgan fingerprint density at radius 3 is 1.91 bits per heavy atom. The van der Waals surface area contributed by atoms with Gasteiger partial charge in [0.15, 0.2) is 0 Å². The van der Waals surface area contributed by atoms with Gasteiger partial charge in [-0.1, -0.05) is 36.4 Å². The molecule has 0 unspecified atom stereocenters. The molecule has 2 aromatic rings.